The van der Waals surface area contributed by atoms with Gasteiger partial charge in [-0.05, 0) is 49.9 Å². The molecule has 2 aliphatic rings. The van der Waals surface area contributed by atoms with E-state index in [-0.39, 0.29) is 11.6 Å². The minimum atomic E-state index is -0.0764. The molecule has 0 radical (unpaired) electrons. The molecule has 0 spiro atoms. The standard InChI is InChI=1S/C22H24N6O/c29-21-7-6-19(16-8-11-23-12-9-16)26-28(21)15-18-5-2-14-27(18)20-10-13-24-22(25-20)17-3-1-4-17/h6-13,17-18H,1-5,14-15H2. The summed E-state index contributed by atoms with van der Waals surface area (Å²) in [5.41, 5.74) is 1.66. The van der Waals surface area contributed by atoms with Gasteiger partial charge in [-0.3, -0.25) is 9.78 Å². The first-order chi connectivity index (χ1) is 14.3. The number of anilines is 1. The van der Waals surface area contributed by atoms with Crippen LogP contribution in [0.25, 0.3) is 11.3 Å². The van der Waals surface area contributed by atoms with Gasteiger partial charge in [0.05, 0.1) is 18.3 Å². The van der Waals surface area contributed by atoms with Crippen LogP contribution < -0.4 is 10.5 Å². The molecule has 1 aliphatic heterocycles. The normalized spacial score (nSPS) is 19.3. The second-order valence-corrected chi connectivity index (χ2v) is 7.87. The van der Waals surface area contributed by atoms with Crippen LogP contribution in [0.1, 0.15) is 43.8 Å². The summed E-state index contributed by atoms with van der Waals surface area (Å²) in [5, 5.41) is 4.62. The molecule has 1 saturated carbocycles. The van der Waals surface area contributed by atoms with Crippen LogP contribution in [0.2, 0.25) is 0 Å². The SMILES string of the molecule is O=c1ccc(-c2ccncc2)nn1CC1CCCN1c1ccnc(C2CCC2)n1. The number of hydrogen-bond acceptors (Lipinski definition) is 6. The Bertz CT molecular complexity index is 1050. The molecule has 5 rings (SSSR count). The predicted octanol–water partition coefficient (Wildman–Crippen LogP) is 3.03. The van der Waals surface area contributed by atoms with Crippen molar-refractivity contribution in [2.24, 2.45) is 0 Å². The Kier molecular flexibility index (Phi) is 4.79. The lowest BCUT2D eigenvalue weighted by atomic mass is 9.85. The average Bonchev–Trinajstić information content (AvgIpc) is 3.17. The van der Waals surface area contributed by atoms with Gasteiger partial charge in [0.15, 0.2) is 0 Å². The van der Waals surface area contributed by atoms with Gasteiger partial charge in [0.1, 0.15) is 11.6 Å². The van der Waals surface area contributed by atoms with Crippen molar-refractivity contribution in [2.45, 2.75) is 50.6 Å². The second kappa shape index (κ2) is 7.73. The van der Waals surface area contributed by atoms with E-state index >= 15 is 0 Å². The zero-order valence-electron chi connectivity index (χ0n) is 16.3. The Hall–Kier alpha value is -3.09. The molecule has 4 heterocycles. The molecule has 1 saturated heterocycles. The second-order valence-electron chi connectivity index (χ2n) is 7.87. The monoisotopic (exact) mass is 388 g/mol. The zero-order valence-corrected chi connectivity index (χ0v) is 16.3. The third-order valence-electron chi connectivity index (χ3n) is 6.03. The highest BCUT2D eigenvalue weighted by Crippen LogP contribution is 2.35. The van der Waals surface area contributed by atoms with E-state index < -0.39 is 0 Å². The molecule has 3 aromatic rings. The summed E-state index contributed by atoms with van der Waals surface area (Å²) in [5.74, 6) is 2.45. The van der Waals surface area contributed by atoms with Gasteiger partial charge in [0, 0.05) is 42.7 Å². The maximum Gasteiger partial charge on any atom is 0.266 e. The number of rotatable bonds is 5. The third-order valence-corrected chi connectivity index (χ3v) is 6.03. The molecule has 0 bridgehead atoms. The Balaban J connectivity index is 1.39. The van der Waals surface area contributed by atoms with E-state index in [9.17, 15) is 4.79 Å². The third kappa shape index (κ3) is 3.64. The van der Waals surface area contributed by atoms with E-state index in [2.05, 4.69) is 20.0 Å². The van der Waals surface area contributed by atoms with Crippen LogP contribution in [0.5, 0.6) is 0 Å². The van der Waals surface area contributed by atoms with Gasteiger partial charge in [-0.2, -0.15) is 5.10 Å². The first-order valence-electron chi connectivity index (χ1n) is 10.4. The van der Waals surface area contributed by atoms with Crippen molar-refractivity contribution < 1.29 is 0 Å². The maximum atomic E-state index is 12.5. The van der Waals surface area contributed by atoms with E-state index in [0.29, 0.717) is 12.5 Å². The largest absolute Gasteiger partial charge is 0.352 e. The molecular weight excluding hydrogens is 364 g/mol. The Morgan fingerprint density at radius 1 is 0.966 bits per heavy atom. The van der Waals surface area contributed by atoms with Gasteiger partial charge in [-0.25, -0.2) is 14.6 Å². The Morgan fingerprint density at radius 2 is 1.83 bits per heavy atom. The summed E-state index contributed by atoms with van der Waals surface area (Å²) < 4.78 is 1.59. The highest BCUT2D eigenvalue weighted by atomic mass is 16.1. The van der Waals surface area contributed by atoms with Crippen molar-refractivity contribution >= 4 is 5.82 Å². The summed E-state index contributed by atoms with van der Waals surface area (Å²) in [6.07, 6.45) is 11.1. The fourth-order valence-electron chi connectivity index (χ4n) is 4.17. The number of pyridine rings is 1. The Morgan fingerprint density at radius 3 is 2.62 bits per heavy atom. The first kappa shape index (κ1) is 18.0. The van der Waals surface area contributed by atoms with Crippen molar-refractivity contribution in [1.82, 2.24) is 24.7 Å². The fourth-order valence-corrected chi connectivity index (χ4v) is 4.17. The van der Waals surface area contributed by atoms with E-state index in [4.69, 9.17) is 4.98 Å². The highest BCUT2D eigenvalue weighted by molar-refractivity contribution is 5.57. The molecule has 29 heavy (non-hydrogen) atoms. The molecule has 7 nitrogen and oxygen atoms in total. The Labute approximate surface area is 169 Å². The summed E-state index contributed by atoms with van der Waals surface area (Å²) in [6, 6.07) is 9.38. The molecular formula is C22H24N6O. The van der Waals surface area contributed by atoms with Crippen molar-refractivity contribution in [3.05, 3.63) is 65.1 Å². The lowest BCUT2D eigenvalue weighted by Crippen LogP contribution is -2.37. The first-order valence-corrected chi connectivity index (χ1v) is 10.4. The minimum Gasteiger partial charge on any atom is -0.352 e. The molecule has 148 valence electrons. The van der Waals surface area contributed by atoms with Gasteiger partial charge in [0.2, 0.25) is 0 Å². The summed E-state index contributed by atoms with van der Waals surface area (Å²) >= 11 is 0. The molecule has 2 fully saturated rings. The van der Waals surface area contributed by atoms with Crippen LogP contribution in [0.4, 0.5) is 5.82 Å². The molecule has 1 unspecified atom stereocenters. The van der Waals surface area contributed by atoms with Crippen LogP contribution in [-0.4, -0.2) is 37.3 Å². The van der Waals surface area contributed by atoms with E-state index in [1.807, 2.05) is 24.4 Å². The van der Waals surface area contributed by atoms with Gasteiger partial charge in [0.25, 0.3) is 5.56 Å². The quantitative estimate of drug-likeness (QED) is 0.669. The van der Waals surface area contributed by atoms with E-state index in [1.54, 1.807) is 29.2 Å². The number of hydrogen-bond donors (Lipinski definition) is 0. The lowest BCUT2D eigenvalue weighted by molar-refractivity contribution is 0.400. The summed E-state index contributed by atoms with van der Waals surface area (Å²) in [4.78, 5) is 28.2. The number of aromatic nitrogens is 5. The van der Waals surface area contributed by atoms with Crippen LogP contribution in [-0.2, 0) is 6.54 Å². The van der Waals surface area contributed by atoms with Crippen molar-refractivity contribution in [2.75, 3.05) is 11.4 Å². The molecule has 7 heteroatoms. The molecule has 0 aromatic carbocycles. The zero-order chi connectivity index (χ0) is 19.6. The van der Waals surface area contributed by atoms with Crippen molar-refractivity contribution in [3.63, 3.8) is 0 Å². The fraction of sp³-hybridized carbons (Fsp3) is 0.409. The van der Waals surface area contributed by atoms with Crippen LogP contribution in [0.3, 0.4) is 0 Å². The van der Waals surface area contributed by atoms with Crippen LogP contribution >= 0.6 is 0 Å². The molecule has 3 aromatic heterocycles. The molecule has 1 atom stereocenters. The van der Waals surface area contributed by atoms with Gasteiger partial charge in [-0.1, -0.05) is 6.42 Å². The highest BCUT2D eigenvalue weighted by Gasteiger charge is 2.28. The number of nitrogens with zero attached hydrogens (tertiary/aromatic N) is 6. The van der Waals surface area contributed by atoms with Gasteiger partial charge in [-0.15, -0.1) is 0 Å². The van der Waals surface area contributed by atoms with Crippen molar-refractivity contribution in [3.8, 4) is 11.3 Å². The van der Waals surface area contributed by atoms with E-state index in [0.717, 1.165) is 42.3 Å². The minimum absolute atomic E-state index is 0.0764. The van der Waals surface area contributed by atoms with E-state index in [1.165, 1.54) is 19.3 Å². The van der Waals surface area contributed by atoms with Crippen LogP contribution in [0.15, 0.2) is 53.7 Å². The van der Waals surface area contributed by atoms with Gasteiger partial charge >= 0.3 is 0 Å². The molecule has 1 aliphatic carbocycles. The molecule has 0 N–H and O–H groups in total. The van der Waals surface area contributed by atoms with Gasteiger partial charge < -0.3 is 4.90 Å². The predicted molar refractivity (Wildman–Crippen MR) is 111 cm³/mol. The smallest absolute Gasteiger partial charge is 0.266 e. The summed E-state index contributed by atoms with van der Waals surface area (Å²) in [7, 11) is 0. The lowest BCUT2D eigenvalue weighted by Gasteiger charge is -2.28. The maximum absolute atomic E-state index is 12.5. The van der Waals surface area contributed by atoms with Crippen LogP contribution in [0, 0.1) is 0 Å². The topological polar surface area (TPSA) is 76.8 Å². The van der Waals surface area contributed by atoms with Crippen molar-refractivity contribution in [1.29, 1.82) is 0 Å². The average molecular weight is 388 g/mol. The molecule has 0 amide bonds. The summed E-state index contributed by atoms with van der Waals surface area (Å²) in [6.45, 7) is 1.51.